The predicted octanol–water partition coefficient (Wildman–Crippen LogP) is 1.41. The molecule has 3 aliphatic rings. The normalized spacial score (nSPS) is 61.5. The lowest BCUT2D eigenvalue weighted by atomic mass is 9.96. The van der Waals surface area contributed by atoms with E-state index in [-0.39, 0.29) is 12.4 Å². The van der Waals surface area contributed by atoms with Crippen LogP contribution in [0.25, 0.3) is 0 Å². The largest absolute Gasteiger partial charge is 0.327 e. The summed E-state index contributed by atoms with van der Waals surface area (Å²) in [6.45, 7) is 0. The van der Waals surface area contributed by atoms with Crippen molar-refractivity contribution < 1.29 is 0 Å². The molecule has 0 aliphatic heterocycles. The minimum absolute atomic E-state index is 0. The Kier molecular flexibility index (Phi) is 1.31. The van der Waals surface area contributed by atoms with Gasteiger partial charge in [-0.15, -0.1) is 12.4 Å². The van der Waals surface area contributed by atoms with Gasteiger partial charge in [0.1, 0.15) is 0 Å². The Hall–Kier alpha value is 0.250. The molecule has 1 nitrogen and oxygen atoms in total. The number of hydrogen-bond donors (Lipinski definition) is 1. The fourth-order valence-corrected chi connectivity index (χ4v) is 3.26. The third kappa shape index (κ3) is 0.629. The first-order valence-electron chi connectivity index (χ1n) is 4.12. The van der Waals surface area contributed by atoms with E-state index in [2.05, 4.69) is 0 Å². The zero-order valence-electron chi connectivity index (χ0n) is 5.99. The quantitative estimate of drug-likeness (QED) is 0.569. The van der Waals surface area contributed by atoms with Crippen LogP contribution in [0.3, 0.4) is 0 Å². The Morgan fingerprint density at radius 1 is 0.900 bits per heavy atom. The van der Waals surface area contributed by atoms with Crippen molar-refractivity contribution in [3.8, 4) is 0 Å². The smallest absolute Gasteiger partial charge is 0.00727 e. The van der Waals surface area contributed by atoms with E-state index in [0.29, 0.717) is 6.04 Å². The molecule has 5 atom stereocenters. The van der Waals surface area contributed by atoms with Crippen LogP contribution in [0.2, 0.25) is 0 Å². The fraction of sp³-hybridized carbons (Fsp3) is 1.00. The van der Waals surface area contributed by atoms with Crippen molar-refractivity contribution in [2.24, 2.45) is 29.4 Å². The fourth-order valence-electron chi connectivity index (χ4n) is 3.26. The minimum Gasteiger partial charge on any atom is -0.327 e. The second-order valence-electron chi connectivity index (χ2n) is 4.12. The van der Waals surface area contributed by atoms with Crippen LogP contribution in [0.4, 0.5) is 0 Å². The van der Waals surface area contributed by atoms with Crippen molar-refractivity contribution in [1.29, 1.82) is 0 Å². The summed E-state index contributed by atoms with van der Waals surface area (Å²) in [5, 5.41) is 0. The molecule has 0 amide bonds. The summed E-state index contributed by atoms with van der Waals surface area (Å²) in [6, 6.07) is 0.596. The molecule has 2 heteroatoms. The van der Waals surface area contributed by atoms with Crippen LogP contribution in [0.15, 0.2) is 0 Å². The summed E-state index contributed by atoms with van der Waals surface area (Å²) in [7, 11) is 0. The molecule has 10 heavy (non-hydrogen) atoms. The highest BCUT2D eigenvalue weighted by molar-refractivity contribution is 5.85. The van der Waals surface area contributed by atoms with E-state index in [4.69, 9.17) is 5.73 Å². The van der Waals surface area contributed by atoms with E-state index in [1.54, 1.807) is 0 Å². The molecule has 5 unspecified atom stereocenters. The van der Waals surface area contributed by atoms with E-state index in [1.807, 2.05) is 0 Å². The molecule has 3 rings (SSSR count). The lowest BCUT2D eigenvalue weighted by molar-refractivity contribution is 0.398. The molecule has 3 saturated carbocycles. The molecular weight excluding hydrogens is 146 g/mol. The Labute approximate surface area is 67.8 Å². The van der Waals surface area contributed by atoms with Gasteiger partial charge in [0.15, 0.2) is 0 Å². The lowest BCUT2D eigenvalue weighted by Crippen LogP contribution is -2.27. The molecule has 2 bridgehead atoms. The van der Waals surface area contributed by atoms with Gasteiger partial charge in [0.25, 0.3) is 0 Å². The molecule has 58 valence electrons. The van der Waals surface area contributed by atoms with Crippen molar-refractivity contribution in [2.75, 3.05) is 0 Å². The monoisotopic (exact) mass is 159 g/mol. The molecule has 0 saturated heterocycles. The third-order valence-electron chi connectivity index (χ3n) is 3.75. The maximum atomic E-state index is 5.94. The number of rotatable bonds is 0. The van der Waals surface area contributed by atoms with Crippen molar-refractivity contribution >= 4 is 12.4 Å². The van der Waals surface area contributed by atoms with Gasteiger partial charge in [0.2, 0.25) is 0 Å². The van der Waals surface area contributed by atoms with Gasteiger partial charge in [-0.1, -0.05) is 0 Å². The highest BCUT2D eigenvalue weighted by Crippen LogP contribution is 2.65. The Balaban J connectivity index is 0.000000403. The summed E-state index contributed by atoms with van der Waals surface area (Å²) in [4.78, 5) is 0. The second kappa shape index (κ2) is 1.89. The maximum absolute atomic E-state index is 5.94. The van der Waals surface area contributed by atoms with Gasteiger partial charge in [-0.3, -0.25) is 0 Å². The average Bonchev–Trinajstić information content (AvgIpc) is 2.46. The summed E-state index contributed by atoms with van der Waals surface area (Å²) in [5.74, 6) is 4.27. The van der Waals surface area contributed by atoms with Crippen molar-refractivity contribution in [1.82, 2.24) is 0 Å². The van der Waals surface area contributed by atoms with Gasteiger partial charge < -0.3 is 5.73 Å². The van der Waals surface area contributed by atoms with Gasteiger partial charge in [0.05, 0.1) is 0 Å². The van der Waals surface area contributed by atoms with Crippen LogP contribution in [-0.4, -0.2) is 6.04 Å². The highest BCUT2D eigenvalue weighted by Gasteiger charge is 2.59. The molecular formula is C8H14ClN. The number of halogens is 1. The van der Waals surface area contributed by atoms with Crippen molar-refractivity contribution in [3.05, 3.63) is 0 Å². The number of fused-ring (bicyclic) bond motifs is 5. The molecule has 0 aromatic carbocycles. The summed E-state index contributed by atoms with van der Waals surface area (Å²) < 4.78 is 0. The van der Waals surface area contributed by atoms with Crippen LogP contribution in [-0.2, 0) is 0 Å². The third-order valence-corrected chi connectivity index (χ3v) is 3.75. The van der Waals surface area contributed by atoms with Crippen LogP contribution < -0.4 is 5.73 Å². The number of hydrogen-bond acceptors (Lipinski definition) is 1. The molecule has 0 heterocycles. The SMILES string of the molecule is Cl.NC1CC2CC1C1CC21. The molecule has 0 radical (unpaired) electrons. The van der Waals surface area contributed by atoms with Gasteiger partial charge >= 0.3 is 0 Å². The van der Waals surface area contributed by atoms with E-state index < -0.39 is 0 Å². The van der Waals surface area contributed by atoms with Crippen LogP contribution >= 0.6 is 12.4 Å². The maximum Gasteiger partial charge on any atom is 0.00727 e. The first-order valence-corrected chi connectivity index (χ1v) is 4.12. The standard InChI is InChI=1S/C8H13N.ClH/c9-8-2-4-1-7(8)6-3-5(4)6;/h4-8H,1-3,9H2;1H. The summed E-state index contributed by atoms with van der Waals surface area (Å²) in [6.07, 6.45) is 4.37. The zero-order chi connectivity index (χ0) is 6.01. The van der Waals surface area contributed by atoms with Crippen molar-refractivity contribution in [2.45, 2.75) is 25.3 Å². The lowest BCUT2D eigenvalue weighted by Gasteiger charge is -2.15. The molecule has 0 aromatic heterocycles. The van der Waals surface area contributed by atoms with E-state index in [9.17, 15) is 0 Å². The summed E-state index contributed by atoms with van der Waals surface area (Å²) >= 11 is 0. The first-order chi connectivity index (χ1) is 4.36. The van der Waals surface area contributed by atoms with Crippen LogP contribution in [0, 0.1) is 23.7 Å². The summed E-state index contributed by atoms with van der Waals surface area (Å²) in [5.41, 5.74) is 5.94. The Morgan fingerprint density at radius 2 is 1.70 bits per heavy atom. The minimum atomic E-state index is 0. The second-order valence-corrected chi connectivity index (χ2v) is 4.12. The predicted molar refractivity (Wildman–Crippen MR) is 43.0 cm³/mol. The molecule has 0 aromatic rings. The van der Waals surface area contributed by atoms with Crippen LogP contribution in [0.5, 0.6) is 0 Å². The average molecular weight is 160 g/mol. The topological polar surface area (TPSA) is 26.0 Å². The van der Waals surface area contributed by atoms with E-state index in [0.717, 1.165) is 23.7 Å². The van der Waals surface area contributed by atoms with E-state index in [1.165, 1.54) is 19.3 Å². The highest BCUT2D eigenvalue weighted by atomic mass is 35.5. The Bertz CT molecular complexity index is 155. The number of nitrogens with two attached hydrogens (primary N) is 1. The van der Waals surface area contributed by atoms with Crippen molar-refractivity contribution in [3.63, 3.8) is 0 Å². The first kappa shape index (κ1) is 6.93. The van der Waals surface area contributed by atoms with Gasteiger partial charge in [0, 0.05) is 6.04 Å². The van der Waals surface area contributed by atoms with Gasteiger partial charge in [-0.05, 0) is 42.9 Å². The van der Waals surface area contributed by atoms with Gasteiger partial charge in [-0.25, -0.2) is 0 Å². The van der Waals surface area contributed by atoms with E-state index >= 15 is 0 Å². The molecule has 3 fully saturated rings. The molecule has 0 spiro atoms. The zero-order valence-corrected chi connectivity index (χ0v) is 6.81. The van der Waals surface area contributed by atoms with Crippen LogP contribution in [0.1, 0.15) is 19.3 Å². The van der Waals surface area contributed by atoms with Gasteiger partial charge in [-0.2, -0.15) is 0 Å². The molecule has 3 aliphatic carbocycles. The molecule has 2 N–H and O–H groups in total. The Morgan fingerprint density at radius 3 is 2.20 bits per heavy atom.